The van der Waals surface area contributed by atoms with Gasteiger partial charge in [0.25, 0.3) is 0 Å². The second kappa shape index (κ2) is 8.45. The number of hydrogen-bond acceptors (Lipinski definition) is 2. The first-order valence-corrected chi connectivity index (χ1v) is 4.22. The van der Waals surface area contributed by atoms with Crippen molar-refractivity contribution < 1.29 is 9.09 Å². The molecule has 0 aliphatic rings. The van der Waals surface area contributed by atoms with E-state index in [2.05, 4.69) is 0 Å². The Morgan fingerprint density at radius 1 is 1.62 bits per heavy atom. The van der Waals surface area contributed by atoms with Crippen molar-refractivity contribution in [2.24, 2.45) is 0 Å². The van der Waals surface area contributed by atoms with Crippen molar-refractivity contribution in [2.75, 3.05) is 13.3 Å². The molecule has 0 heterocycles. The Labute approximate surface area is 80.9 Å². The normalized spacial score (nSPS) is 12.2. The van der Waals surface area contributed by atoms with Crippen molar-refractivity contribution in [3.05, 3.63) is 0 Å². The molecule has 0 fully saturated rings. The third-order valence-electron chi connectivity index (χ3n) is 0.509. The van der Waals surface area contributed by atoms with Crippen molar-refractivity contribution >= 4 is 45.8 Å². The molecule has 0 bridgehead atoms. The first kappa shape index (κ1) is 12.2. The van der Waals surface area contributed by atoms with Gasteiger partial charge < -0.3 is 4.52 Å². The fourth-order valence-electron chi connectivity index (χ4n) is 0.246. The fraction of sp³-hybridized carbons (Fsp3) is 1.00. The summed E-state index contributed by atoms with van der Waals surface area (Å²) in [4.78, 5) is 0. The summed E-state index contributed by atoms with van der Waals surface area (Å²) in [5.41, 5.74) is 0. The van der Waals surface area contributed by atoms with Crippen LogP contribution in [0.5, 0.6) is 0 Å². The average molecular weight is 164 g/mol. The van der Waals surface area contributed by atoms with E-state index < -0.39 is 8.03 Å². The summed E-state index contributed by atoms with van der Waals surface area (Å²) in [7, 11) is -1.65. The SMILES string of the molecule is CCCO[PH](C)=O.[CaH2]. The van der Waals surface area contributed by atoms with Gasteiger partial charge in [-0.3, -0.25) is 4.57 Å². The summed E-state index contributed by atoms with van der Waals surface area (Å²) >= 11 is 0. The van der Waals surface area contributed by atoms with E-state index in [1.54, 1.807) is 6.66 Å². The van der Waals surface area contributed by atoms with E-state index in [4.69, 9.17) is 4.52 Å². The summed E-state index contributed by atoms with van der Waals surface area (Å²) in [6.07, 6.45) is 0.949. The van der Waals surface area contributed by atoms with Crippen LogP contribution in [-0.2, 0) is 9.09 Å². The Morgan fingerprint density at radius 3 is 2.25 bits per heavy atom. The van der Waals surface area contributed by atoms with Crippen LogP contribution in [0.15, 0.2) is 0 Å². The molecule has 0 saturated heterocycles. The topological polar surface area (TPSA) is 26.3 Å². The molecule has 0 radical (unpaired) electrons. The minimum absolute atomic E-state index is 0. The maximum atomic E-state index is 10.2. The third kappa shape index (κ3) is 10.4. The van der Waals surface area contributed by atoms with Gasteiger partial charge in [-0.15, -0.1) is 0 Å². The van der Waals surface area contributed by atoms with Gasteiger partial charge in [-0.05, 0) is 6.42 Å². The Kier molecular flexibility index (Phi) is 12.8. The van der Waals surface area contributed by atoms with Crippen LogP contribution in [0.2, 0.25) is 0 Å². The van der Waals surface area contributed by atoms with Crippen LogP contribution in [0.25, 0.3) is 0 Å². The zero-order valence-corrected chi connectivity index (χ0v) is 5.73. The first-order chi connectivity index (χ1) is 3.27. The van der Waals surface area contributed by atoms with E-state index in [0.717, 1.165) is 6.42 Å². The van der Waals surface area contributed by atoms with Gasteiger partial charge in [-0.1, -0.05) is 6.92 Å². The molecular formula is C4H13CaO2P. The van der Waals surface area contributed by atoms with E-state index in [-0.39, 0.29) is 37.7 Å². The van der Waals surface area contributed by atoms with Crippen molar-refractivity contribution in [3.8, 4) is 0 Å². The quantitative estimate of drug-likeness (QED) is 0.451. The Hall–Kier alpha value is 1.45. The van der Waals surface area contributed by atoms with Gasteiger partial charge in [-0.2, -0.15) is 0 Å². The summed E-state index contributed by atoms with van der Waals surface area (Å²) in [5.74, 6) is 0. The van der Waals surface area contributed by atoms with Crippen molar-refractivity contribution in [2.45, 2.75) is 13.3 Å². The van der Waals surface area contributed by atoms with Crippen molar-refractivity contribution in [3.63, 3.8) is 0 Å². The van der Waals surface area contributed by atoms with Gasteiger partial charge in [0, 0.05) is 6.66 Å². The van der Waals surface area contributed by atoms with Crippen LogP contribution >= 0.6 is 8.03 Å². The zero-order chi connectivity index (χ0) is 5.70. The molecule has 0 saturated carbocycles. The van der Waals surface area contributed by atoms with Gasteiger partial charge in [-0.25, -0.2) is 0 Å². The summed E-state index contributed by atoms with van der Waals surface area (Å²) < 4.78 is 14.9. The molecule has 0 aromatic heterocycles. The van der Waals surface area contributed by atoms with Crippen molar-refractivity contribution in [1.29, 1.82) is 0 Å². The van der Waals surface area contributed by atoms with Gasteiger partial charge in [0.1, 0.15) is 0 Å². The molecule has 0 N–H and O–H groups in total. The van der Waals surface area contributed by atoms with Gasteiger partial charge >= 0.3 is 37.7 Å². The monoisotopic (exact) mass is 164 g/mol. The zero-order valence-electron chi connectivity index (χ0n) is 4.73. The molecule has 0 aromatic rings. The van der Waals surface area contributed by atoms with E-state index in [1.807, 2.05) is 6.92 Å². The molecule has 8 heavy (non-hydrogen) atoms. The molecule has 2 nitrogen and oxygen atoms in total. The molecule has 0 aliphatic carbocycles. The Bertz CT molecular complexity index is 67.1. The first-order valence-electron chi connectivity index (χ1n) is 2.40. The van der Waals surface area contributed by atoms with Gasteiger partial charge in [0.2, 0.25) is 0 Å². The Balaban J connectivity index is 0. The molecule has 4 heteroatoms. The van der Waals surface area contributed by atoms with E-state index in [1.165, 1.54) is 0 Å². The molecule has 0 rings (SSSR count). The molecule has 0 aromatic carbocycles. The summed E-state index contributed by atoms with van der Waals surface area (Å²) in [6.45, 7) is 4.22. The molecule has 48 valence electrons. The third-order valence-corrected chi connectivity index (χ3v) is 1.12. The van der Waals surface area contributed by atoms with E-state index in [0.29, 0.717) is 6.61 Å². The van der Waals surface area contributed by atoms with Crippen molar-refractivity contribution in [1.82, 2.24) is 0 Å². The van der Waals surface area contributed by atoms with Crippen LogP contribution < -0.4 is 0 Å². The van der Waals surface area contributed by atoms with E-state index >= 15 is 0 Å². The van der Waals surface area contributed by atoms with E-state index in [9.17, 15) is 4.57 Å². The van der Waals surface area contributed by atoms with Crippen LogP contribution in [0.4, 0.5) is 0 Å². The van der Waals surface area contributed by atoms with Crippen LogP contribution in [0.3, 0.4) is 0 Å². The maximum absolute atomic E-state index is 10.2. The molecule has 0 aliphatic heterocycles. The molecule has 1 atom stereocenters. The second-order valence-electron chi connectivity index (χ2n) is 1.34. The van der Waals surface area contributed by atoms with Crippen LogP contribution in [-0.4, -0.2) is 51.0 Å². The Morgan fingerprint density at radius 2 is 2.12 bits per heavy atom. The summed E-state index contributed by atoms with van der Waals surface area (Å²) in [5, 5.41) is 0. The van der Waals surface area contributed by atoms with Crippen LogP contribution in [0, 0.1) is 0 Å². The van der Waals surface area contributed by atoms with Gasteiger partial charge in [0.05, 0.1) is 6.61 Å². The molecular weight excluding hydrogens is 151 g/mol. The fourth-order valence-corrected chi connectivity index (χ4v) is 0.737. The molecule has 0 spiro atoms. The standard InChI is InChI=1S/C4H11O2P.Ca.2H/c1-3-4-6-7(2)5;;;/h7H,3-4H2,1-2H3;;;. The number of rotatable bonds is 3. The predicted molar refractivity (Wildman–Crippen MR) is 39.7 cm³/mol. The average Bonchev–Trinajstić information content (AvgIpc) is 1.61. The summed E-state index contributed by atoms with van der Waals surface area (Å²) in [6, 6.07) is 0. The second-order valence-corrected chi connectivity index (χ2v) is 2.61. The molecule has 1 unspecified atom stereocenters. The van der Waals surface area contributed by atoms with Crippen LogP contribution in [0.1, 0.15) is 13.3 Å². The van der Waals surface area contributed by atoms with Gasteiger partial charge in [0.15, 0.2) is 8.03 Å². The molecule has 0 amide bonds. The predicted octanol–water partition coefficient (Wildman–Crippen LogP) is 0.601. The minimum atomic E-state index is -1.65. The number of hydrogen-bond donors (Lipinski definition) is 0.